The van der Waals surface area contributed by atoms with E-state index in [0.717, 1.165) is 11.3 Å². The Labute approximate surface area is 120 Å². The van der Waals surface area contributed by atoms with Gasteiger partial charge in [0.05, 0.1) is 6.04 Å². The predicted octanol–water partition coefficient (Wildman–Crippen LogP) is 4.19. The van der Waals surface area contributed by atoms with Gasteiger partial charge < -0.3 is 10.6 Å². The maximum absolute atomic E-state index is 12.0. The summed E-state index contributed by atoms with van der Waals surface area (Å²) in [5, 5.41) is 5.79. The molecule has 2 aromatic rings. The largest absolute Gasteiger partial charge is 0.331 e. The minimum absolute atomic E-state index is 0.0291. The molecule has 0 aromatic heterocycles. The van der Waals surface area contributed by atoms with Gasteiger partial charge in [0, 0.05) is 5.69 Å². The first-order chi connectivity index (χ1) is 9.56. The number of hydrogen-bond donors (Lipinski definition) is 2. The summed E-state index contributed by atoms with van der Waals surface area (Å²) < 4.78 is 0. The van der Waals surface area contributed by atoms with E-state index in [1.54, 1.807) is 0 Å². The molecule has 0 aliphatic carbocycles. The van der Waals surface area contributed by atoms with Gasteiger partial charge in [0.1, 0.15) is 0 Å². The van der Waals surface area contributed by atoms with Crippen LogP contribution in [0.1, 0.15) is 29.7 Å². The van der Waals surface area contributed by atoms with Gasteiger partial charge in [-0.2, -0.15) is 0 Å². The van der Waals surface area contributed by atoms with Crippen LogP contribution in [-0.2, 0) is 0 Å². The van der Waals surface area contributed by atoms with Crippen LogP contribution in [0, 0.1) is 13.8 Å². The molecule has 0 saturated heterocycles. The van der Waals surface area contributed by atoms with Crippen molar-refractivity contribution in [2.24, 2.45) is 0 Å². The van der Waals surface area contributed by atoms with Crippen LogP contribution in [0.15, 0.2) is 48.5 Å². The summed E-state index contributed by atoms with van der Waals surface area (Å²) in [6.07, 6.45) is 0. The second-order valence-corrected chi connectivity index (χ2v) is 5.05. The maximum atomic E-state index is 12.0. The highest BCUT2D eigenvalue weighted by molar-refractivity contribution is 5.89. The molecule has 20 heavy (non-hydrogen) atoms. The predicted molar refractivity (Wildman–Crippen MR) is 82.9 cm³/mol. The van der Waals surface area contributed by atoms with Crippen LogP contribution in [0.3, 0.4) is 0 Å². The number of carbonyl (C=O) groups excluding carboxylic acids is 1. The fraction of sp³-hybridized carbons (Fsp3) is 0.235. The van der Waals surface area contributed by atoms with Crippen LogP contribution in [0.4, 0.5) is 10.5 Å². The summed E-state index contributed by atoms with van der Waals surface area (Å²) in [7, 11) is 0. The number of aryl methyl sites for hydroxylation is 2. The topological polar surface area (TPSA) is 41.1 Å². The normalized spacial score (nSPS) is 11.8. The van der Waals surface area contributed by atoms with E-state index in [-0.39, 0.29) is 12.1 Å². The molecule has 0 saturated carbocycles. The van der Waals surface area contributed by atoms with E-state index in [1.807, 2.05) is 37.3 Å². The fourth-order valence-corrected chi connectivity index (χ4v) is 2.19. The average molecular weight is 268 g/mol. The standard InChI is InChI=1S/C17H20N2O/c1-12-9-10-13(2)16(11-12)14(3)18-17(20)19-15-7-5-4-6-8-15/h4-11,14H,1-3H3,(H2,18,19,20). The highest BCUT2D eigenvalue weighted by Crippen LogP contribution is 2.19. The number of urea groups is 1. The van der Waals surface area contributed by atoms with E-state index in [9.17, 15) is 4.79 Å². The quantitative estimate of drug-likeness (QED) is 0.861. The summed E-state index contributed by atoms with van der Waals surface area (Å²) in [6, 6.07) is 15.5. The molecule has 3 nitrogen and oxygen atoms in total. The molecule has 0 bridgehead atoms. The van der Waals surface area contributed by atoms with Gasteiger partial charge in [0.2, 0.25) is 0 Å². The minimum atomic E-state index is -0.190. The van der Waals surface area contributed by atoms with Crippen molar-refractivity contribution in [1.29, 1.82) is 0 Å². The first kappa shape index (κ1) is 14.1. The highest BCUT2D eigenvalue weighted by atomic mass is 16.2. The van der Waals surface area contributed by atoms with Crippen molar-refractivity contribution in [1.82, 2.24) is 5.32 Å². The lowest BCUT2D eigenvalue weighted by molar-refractivity contribution is 0.249. The molecule has 104 valence electrons. The van der Waals surface area contributed by atoms with Crippen LogP contribution in [0.5, 0.6) is 0 Å². The Kier molecular flexibility index (Phi) is 4.41. The molecule has 0 fully saturated rings. The molecule has 0 spiro atoms. The first-order valence-corrected chi connectivity index (χ1v) is 6.76. The van der Waals surface area contributed by atoms with Gasteiger partial charge in [-0.15, -0.1) is 0 Å². The number of para-hydroxylation sites is 1. The Bertz CT molecular complexity index is 593. The summed E-state index contributed by atoms with van der Waals surface area (Å²) >= 11 is 0. The monoisotopic (exact) mass is 268 g/mol. The number of nitrogens with one attached hydrogen (secondary N) is 2. The first-order valence-electron chi connectivity index (χ1n) is 6.76. The minimum Gasteiger partial charge on any atom is -0.331 e. The summed E-state index contributed by atoms with van der Waals surface area (Å²) in [5.41, 5.74) is 4.32. The SMILES string of the molecule is Cc1ccc(C)c(C(C)NC(=O)Nc2ccccc2)c1. The number of anilines is 1. The Morgan fingerprint density at radius 2 is 1.75 bits per heavy atom. The molecule has 1 atom stereocenters. The third kappa shape index (κ3) is 3.60. The molecule has 0 aliphatic heterocycles. The van der Waals surface area contributed by atoms with E-state index in [2.05, 4.69) is 42.7 Å². The van der Waals surface area contributed by atoms with Gasteiger partial charge in [-0.05, 0) is 44.0 Å². The molecule has 2 N–H and O–H groups in total. The molecular weight excluding hydrogens is 248 g/mol. The van der Waals surface area contributed by atoms with Crippen molar-refractivity contribution in [2.45, 2.75) is 26.8 Å². The van der Waals surface area contributed by atoms with Crippen LogP contribution in [0.2, 0.25) is 0 Å². The number of rotatable bonds is 3. The van der Waals surface area contributed by atoms with Crippen LogP contribution in [-0.4, -0.2) is 6.03 Å². The van der Waals surface area contributed by atoms with Crippen molar-refractivity contribution in [3.63, 3.8) is 0 Å². The zero-order chi connectivity index (χ0) is 14.5. The second-order valence-electron chi connectivity index (χ2n) is 5.05. The third-order valence-electron chi connectivity index (χ3n) is 3.28. The smallest absolute Gasteiger partial charge is 0.319 e. The van der Waals surface area contributed by atoms with E-state index >= 15 is 0 Å². The van der Waals surface area contributed by atoms with Crippen molar-refractivity contribution in [3.8, 4) is 0 Å². The zero-order valence-electron chi connectivity index (χ0n) is 12.1. The Balaban J connectivity index is 2.02. The average Bonchev–Trinajstić information content (AvgIpc) is 2.42. The Morgan fingerprint density at radius 3 is 2.45 bits per heavy atom. The van der Waals surface area contributed by atoms with Crippen molar-refractivity contribution < 1.29 is 4.79 Å². The lowest BCUT2D eigenvalue weighted by Crippen LogP contribution is -2.31. The Morgan fingerprint density at radius 1 is 1.05 bits per heavy atom. The summed E-state index contributed by atoms with van der Waals surface area (Å²) in [6.45, 7) is 6.11. The van der Waals surface area contributed by atoms with E-state index in [1.165, 1.54) is 11.1 Å². The summed E-state index contributed by atoms with van der Waals surface area (Å²) in [4.78, 5) is 12.0. The van der Waals surface area contributed by atoms with E-state index < -0.39 is 0 Å². The molecule has 0 radical (unpaired) electrons. The molecule has 3 heteroatoms. The van der Waals surface area contributed by atoms with E-state index in [0.29, 0.717) is 0 Å². The number of carbonyl (C=O) groups is 1. The molecule has 2 aromatic carbocycles. The number of amides is 2. The zero-order valence-corrected chi connectivity index (χ0v) is 12.1. The summed E-state index contributed by atoms with van der Waals surface area (Å²) in [5.74, 6) is 0. The fourth-order valence-electron chi connectivity index (χ4n) is 2.19. The maximum Gasteiger partial charge on any atom is 0.319 e. The van der Waals surface area contributed by atoms with Crippen LogP contribution in [0.25, 0.3) is 0 Å². The lowest BCUT2D eigenvalue weighted by Gasteiger charge is -2.17. The second kappa shape index (κ2) is 6.24. The lowest BCUT2D eigenvalue weighted by atomic mass is 10.0. The van der Waals surface area contributed by atoms with Gasteiger partial charge in [0.15, 0.2) is 0 Å². The van der Waals surface area contributed by atoms with Crippen molar-refractivity contribution in [2.75, 3.05) is 5.32 Å². The number of benzene rings is 2. The molecule has 1 unspecified atom stereocenters. The molecule has 0 aliphatic rings. The number of hydrogen-bond acceptors (Lipinski definition) is 1. The molecular formula is C17H20N2O. The third-order valence-corrected chi connectivity index (χ3v) is 3.28. The Hall–Kier alpha value is -2.29. The van der Waals surface area contributed by atoms with Crippen LogP contribution >= 0.6 is 0 Å². The van der Waals surface area contributed by atoms with Gasteiger partial charge in [-0.3, -0.25) is 0 Å². The van der Waals surface area contributed by atoms with Gasteiger partial charge in [-0.25, -0.2) is 4.79 Å². The van der Waals surface area contributed by atoms with Gasteiger partial charge >= 0.3 is 6.03 Å². The van der Waals surface area contributed by atoms with Crippen molar-refractivity contribution >= 4 is 11.7 Å². The van der Waals surface area contributed by atoms with Gasteiger partial charge in [-0.1, -0.05) is 42.0 Å². The van der Waals surface area contributed by atoms with Gasteiger partial charge in [0.25, 0.3) is 0 Å². The van der Waals surface area contributed by atoms with Crippen molar-refractivity contribution in [3.05, 3.63) is 65.2 Å². The van der Waals surface area contributed by atoms with E-state index in [4.69, 9.17) is 0 Å². The van der Waals surface area contributed by atoms with Crippen LogP contribution < -0.4 is 10.6 Å². The molecule has 2 rings (SSSR count). The highest BCUT2D eigenvalue weighted by Gasteiger charge is 2.11. The molecule has 2 amide bonds. The molecule has 0 heterocycles.